The van der Waals surface area contributed by atoms with Crippen LogP contribution in [-0.2, 0) is 11.3 Å². The average molecular weight is 482 g/mol. The van der Waals surface area contributed by atoms with Gasteiger partial charge in [0, 0.05) is 48.1 Å². The van der Waals surface area contributed by atoms with Crippen molar-refractivity contribution in [1.29, 1.82) is 0 Å². The number of fused-ring (bicyclic) bond motifs is 1. The molecule has 35 heavy (non-hydrogen) atoms. The summed E-state index contributed by atoms with van der Waals surface area (Å²) >= 11 is 5.43. The van der Waals surface area contributed by atoms with Crippen molar-refractivity contribution < 1.29 is 4.79 Å². The van der Waals surface area contributed by atoms with Crippen LogP contribution < -0.4 is 5.32 Å². The van der Waals surface area contributed by atoms with E-state index in [1.807, 2.05) is 72.3 Å². The Kier molecular flexibility index (Phi) is 6.59. The van der Waals surface area contributed by atoms with E-state index in [0.29, 0.717) is 24.3 Å². The van der Waals surface area contributed by atoms with Crippen LogP contribution in [0.1, 0.15) is 29.0 Å². The zero-order chi connectivity index (χ0) is 24.2. The predicted octanol–water partition coefficient (Wildman–Crippen LogP) is 5.74. The van der Waals surface area contributed by atoms with E-state index in [0.717, 1.165) is 22.5 Å². The van der Waals surface area contributed by atoms with E-state index >= 15 is 0 Å². The molecule has 0 aliphatic rings. The van der Waals surface area contributed by atoms with Gasteiger partial charge in [0.2, 0.25) is 5.91 Å². The third-order valence-electron chi connectivity index (χ3n) is 6.33. The molecule has 0 fully saturated rings. The maximum atomic E-state index is 12.9. The number of nitrogens with one attached hydrogen (secondary N) is 3. The number of benzene rings is 3. The summed E-state index contributed by atoms with van der Waals surface area (Å²) < 4.78 is 2.39. The highest BCUT2D eigenvalue weighted by molar-refractivity contribution is 7.71. The molecule has 0 aliphatic heterocycles. The van der Waals surface area contributed by atoms with Crippen molar-refractivity contribution in [3.8, 4) is 11.4 Å². The van der Waals surface area contributed by atoms with Gasteiger partial charge in [-0.2, -0.15) is 5.10 Å². The Bertz CT molecular complexity index is 1500. The van der Waals surface area contributed by atoms with E-state index in [4.69, 9.17) is 12.2 Å². The highest BCUT2D eigenvalue weighted by Crippen LogP contribution is 2.30. The molecule has 0 aliphatic carbocycles. The van der Waals surface area contributed by atoms with Gasteiger partial charge in [-0.05, 0) is 36.3 Å². The minimum Gasteiger partial charge on any atom is -0.361 e. The van der Waals surface area contributed by atoms with Crippen LogP contribution in [0.25, 0.3) is 22.3 Å². The molecule has 2 heterocycles. The van der Waals surface area contributed by atoms with Gasteiger partial charge in [-0.3, -0.25) is 14.5 Å². The summed E-state index contributed by atoms with van der Waals surface area (Å²) in [6, 6.07) is 26.7. The maximum Gasteiger partial charge on any atom is 0.221 e. The number of carbonyl (C=O) groups is 1. The van der Waals surface area contributed by atoms with Gasteiger partial charge >= 0.3 is 0 Å². The number of H-pyrrole nitrogens is 2. The van der Waals surface area contributed by atoms with Crippen LogP contribution >= 0.6 is 12.2 Å². The lowest BCUT2D eigenvalue weighted by atomic mass is 9.91. The largest absolute Gasteiger partial charge is 0.361 e. The van der Waals surface area contributed by atoms with Crippen molar-refractivity contribution in [3.05, 3.63) is 107 Å². The van der Waals surface area contributed by atoms with Gasteiger partial charge in [-0.1, -0.05) is 78.4 Å². The first-order valence-corrected chi connectivity index (χ1v) is 12.1. The number of aryl methyl sites for hydroxylation is 1. The number of nitrogens with zero attached hydrogens (tertiary/aromatic N) is 2. The van der Waals surface area contributed by atoms with Gasteiger partial charge in [0.1, 0.15) is 0 Å². The molecular weight excluding hydrogens is 454 g/mol. The van der Waals surface area contributed by atoms with E-state index in [2.05, 4.69) is 44.8 Å². The van der Waals surface area contributed by atoms with E-state index in [1.54, 1.807) is 0 Å². The first-order valence-electron chi connectivity index (χ1n) is 11.7. The lowest BCUT2D eigenvalue weighted by molar-refractivity contribution is -0.121. The van der Waals surface area contributed by atoms with Gasteiger partial charge in [-0.15, -0.1) is 0 Å². The van der Waals surface area contributed by atoms with Crippen LogP contribution in [0, 0.1) is 11.7 Å². The highest BCUT2D eigenvalue weighted by atomic mass is 32.1. The second kappa shape index (κ2) is 10.1. The van der Waals surface area contributed by atoms with Crippen molar-refractivity contribution in [2.75, 3.05) is 6.54 Å². The Morgan fingerprint density at radius 2 is 1.77 bits per heavy atom. The van der Waals surface area contributed by atoms with Gasteiger partial charge in [0.25, 0.3) is 0 Å². The van der Waals surface area contributed by atoms with E-state index in [-0.39, 0.29) is 11.8 Å². The summed E-state index contributed by atoms with van der Waals surface area (Å²) in [5.41, 5.74) is 5.57. The van der Waals surface area contributed by atoms with Crippen molar-refractivity contribution in [1.82, 2.24) is 25.1 Å². The van der Waals surface area contributed by atoms with Crippen molar-refractivity contribution in [2.24, 2.45) is 0 Å². The SMILES string of the molecule is Cc1ccc(-c2n[nH]c(=S)n2CCC(=O)NCC(c2ccccc2)c2c[nH]c3ccccc23)cc1. The molecule has 7 heteroatoms. The van der Waals surface area contributed by atoms with Gasteiger partial charge in [0.05, 0.1) is 0 Å². The number of carbonyl (C=O) groups excluding carboxylic acids is 1. The monoisotopic (exact) mass is 481 g/mol. The number of rotatable bonds is 8. The molecule has 1 atom stereocenters. The Labute approximate surface area is 209 Å². The number of hydrogen-bond donors (Lipinski definition) is 3. The highest BCUT2D eigenvalue weighted by Gasteiger charge is 2.19. The molecule has 0 radical (unpaired) electrons. The molecular formula is C28H27N5OS. The molecule has 176 valence electrons. The second-order valence-corrected chi connectivity index (χ2v) is 9.06. The summed E-state index contributed by atoms with van der Waals surface area (Å²) in [4.78, 5) is 16.3. The zero-order valence-corrected chi connectivity index (χ0v) is 20.3. The molecule has 1 amide bonds. The first kappa shape index (κ1) is 22.8. The molecule has 5 aromatic rings. The molecule has 2 aromatic heterocycles. The topological polar surface area (TPSA) is 78.5 Å². The Hall–Kier alpha value is -3.97. The quantitative estimate of drug-likeness (QED) is 0.248. The number of aromatic amines is 2. The summed E-state index contributed by atoms with van der Waals surface area (Å²) in [6.07, 6.45) is 2.36. The summed E-state index contributed by atoms with van der Waals surface area (Å²) in [6.45, 7) is 3.00. The smallest absolute Gasteiger partial charge is 0.221 e. The van der Waals surface area contributed by atoms with Gasteiger partial charge in [0.15, 0.2) is 10.6 Å². The average Bonchev–Trinajstić information content (AvgIpc) is 3.48. The van der Waals surface area contributed by atoms with E-state index in [1.165, 1.54) is 16.5 Å². The maximum absolute atomic E-state index is 12.9. The lowest BCUT2D eigenvalue weighted by Crippen LogP contribution is -2.29. The fourth-order valence-corrected chi connectivity index (χ4v) is 4.66. The van der Waals surface area contributed by atoms with Crippen LogP contribution in [0.3, 0.4) is 0 Å². The zero-order valence-electron chi connectivity index (χ0n) is 19.5. The fourth-order valence-electron chi connectivity index (χ4n) is 4.44. The minimum atomic E-state index is -0.0243. The summed E-state index contributed by atoms with van der Waals surface area (Å²) in [5, 5.41) is 11.6. The first-order chi connectivity index (χ1) is 17.1. The standard InChI is InChI=1S/C28H27N5OS/c1-19-11-13-21(14-12-19)27-31-32-28(35)33(27)16-15-26(34)30-17-23(20-7-3-2-4-8-20)24-18-29-25-10-6-5-9-22(24)25/h2-14,18,23,29H,15-17H2,1H3,(H,30,34)(H,32,35). The Morgan fingerprint density at radius 1 is 1.03 bits per heavy atom. The van der Waals surface area contributed by atoms with Crippen LogP contribution in [0.15, 0.2) is 85.1 Å². The molecule has 0 saturated heterocycles. The van der Waals surface area contributed by atoms with Crippen molar-refractivity contribution >= 4 is 29.0 Å². The van der Waals surface area contributed by atoms with Crippen molar-refractivity contribution in [3.63, 3.8) is 0 Å². The number of hydrogen-bond acceptors (Lipinski definition) is 3. The third-order valence-corrected chi connectivity index (χ3v) is 6.64. The Balaban J connectivity index is 1.30. The molecule has 3 N–H and O–H groups in total. The predicted molar refractivity (Wildman–Crippen MR) is 142 cm³/mol. The molecule has 1 unspecified atom stereocenters. The molecule has 3 aromatic carbocycles. The third kappa shape index (κ3) is 4.95. The number of amides is 1. The van der Waals surface area contributed by atoms with Crippen LogP contribution in [-0.4, -0.2) is 32.2 Å². The van der Waals surface area contributed by atoms with E-state index < -0.39 is 0 Å². The summed E-state index contributed by atoms with van der Waals surface area (Å²) in [5.74, 6) is 0.753. The number of aromatic nitrogens is 4. The van der Waals surface area contributed by atoms with Crippen LogP contribution in [0.2, 0.25) is 0 Å². The van der Waals surface area contributed by atoms with Crippen LogP contribution in [0.5, 0.6) is 0 Å². The molecule has 0 saturated carbocycles. The lowest BCUT2D eigenvalue weighted by Gasteiger charge is -2.18. The molecule has 0 bridgehead atoms. The Morgan fingerprint density at radius 3 is 2.57 bits per heavy atom. The normalized spacial score (nSPS) is 12.0. The van der Waals surface area contributed by atoms with E-state index in [9.17, 15) is 4.79 Å². The summed E-state index contributed by atoms with van der Waals surface area (Å²) in [7, 11) is 0. The van der Waals surface area contributed by atoms with Crippen molar-refractivity contribution in [2.45, 2.75) is 25.8 Å². The fraction of sp³-hybridized carbons (Fsp3) is 0.179. The molecule has 0 spiro atoms. The molecule has 5 rings (SSSR count). The van der Waals surface area contributed by atoms with Gasteiger partial charge in [-0.25, -0.2) is 0 Å². The number of para-hydroxylation sites is 1. The molecule has 6 nitrogen and oxygen atoms in total. The van der Waals surface area contributed by atoms with Gasteiger partial charge < -0.3 is 10.3 Å². The second-order valence-electron chi connectivity index (χ2n) is 8.68. The minimum absolute atomic E-state index is 0.0243. The van der Waals surface area contributed by atoms with Crippen LogP contribution in [0.4, 0.5) is 0 Å².